The van der Waals surface area contributed by atoms with E-state index in [0.29, 0.717) is 19.6 Å². The molecule has 4 rings (SSSR count). The van der Waals surface area contributed by atoms with Crippen LogP contribution in [0.25, 0.3) is 0 Å². The summed E-state index contributed by atoms with van der Waals surface area (Å²) in [4.78, 5) is 40.7. The number of hydrogen-bond donors (Lipinski definition) is 2. The molecule has 7 nitrogen and oxygen atoms in total. The zero-order valence-electron chi connectivity index (χ0n) is 16.1. The Hall–Kier alpha value is -2.25. The van der Waals surface area contributed by atoms with E-state index < -0.39 is 17.4 Å². The zero-order valence-corrected chi connectivity index (χ0v) is 16.1. The van der Waals surface area contributed by atoms with Crippen molar-refractivity contribution in [2.75, 3.05) is 25.6 Å². The maximum Gasteiger partial charge on any atom is 0.250 e. The van der Waals surface area contributed by atoms with Gasteiger partial charge in [-0.2, -0.15) is 0 Å². The van der Waals surface area contributed by atoms with Gasteiger partial charge in [0.15, 0.2) is 0 Å². The first-order valence-electron chi connectivity index (χ1n) is 9.38. The normalized spacial score (nSPS) is 31.6. The lowest BCUT2D eigenvalue weighted by Gasteiger charge is -2.29. The van der Waals surface area contributed by atoms with Crippen molar-refractivity contribution in [1.82, 2.24) is 10.2 Å². The van der Waals surface area contributed by atoms with E-state index in [1.54, 1.807) is 7.11 Å². The minimum atomic E-state index is -1.18. The van der Waals surface area contributed by atoms with E-state index in [0.717, 1.165) is 22.4 Å². The smallest absolute Gasteiger partial charge is 0.250 e. The fourth-order valence-electron chi connectivity index (χ4n) is 5.07. The molecule has 2 fully saturated rings. The number of nitrogens with zero attached hydrogens (tertiary/aromatic N) is 1. The predicted octanol–water partition coefficient (Wildman–Crippen LogP) is 1.08. The Balaban J connectivity index is 1.80. The third kappa shape index (κ3) is 2.31. The number of ether oxygens (including phenoxy) is 1. The van der Waals surface area contributed by atoms with E-state index in [2.05, 4.69) is 10.6 Å². The summed E-state index contributed by atoms with van der Waals surface area (Å²) >= 11 is 0. The third-order valence-corrected chi connectivity index (χ3v) is 6.13. The molecule has 0 aliphatic carbocycles. The van der Waals surface area contributed by atoms with Gasteiger partial charge in [0.2, 0.25) is 17.7 Å². The first-order valence-corrected chi connectivity index (χ1v) is 9.38. The van der Waals surface area contributed by atoms with Crippen LogP contribution in [-0.2, 0) is 24.7 Å². The SMILES string of the molecule is COCCCN1C(=O)C2C(C)NC3(C(=O)Nc4c(C)cc(C)cc43)C2C1=O. The number of hydrogen-bond acceptors (Lipinski definition) is 5. The van der Waals surface area contributed by atoms with Crippen molar-refractivity contribution in [3.05, 3.63) is 28.8 Å². The van der Waals surface area contributed by atoms with Crippen molar-refractivity contribution in [3.8, 4) is 0 Å². The fourth-order valence-corrected chi connectivity index (χ4v) is 5.07. The molecule has 3 aliphatic heterocycles. The van der Waals surface area contributed by atoms with E-state index in [1.807, 2.05) is 32.9 Å². The number of anilines is 1. The Morgan fingerprint density at radius 1 is 1.19 bits per heavy atom. The Morgan fingerprint density at radius 2 is 1.93 bits per heavy atom. The second kappa shape index (κ2) is 6.14. The Morgan fingerprint density at radius 3 is 2.63 bits per heavy atom. The molecule has 0 saturated carbocycles. The molecule has 3 aliphatic rings. The Bertz CT molecular complexity index is 852. The van der Waals surface area contributed by atoms with Crippen LogP contribution in [0.1, 0.15) is 30.0 Å². The van der Waals surface area contributed by atoms with Crippen LogP contribution in [0.2, 0.25) is 0 Å². The zero-order chi connectivity index (χ0) is 19.5. The standard InChI is InChI=1S/C20H25N3O4/c1-10-8-11(2)16-13(9-10)20(19(26)21-16)15-14(12(3)22-20)17(24)23(18(15)25)6-5-7-27-4/h8-9,12,14-15,22H,5-7H2,1-4H3,(H,21,26). The molecule has 2 N–H and O–H groups in total. The molecule has 0 aromatic heterocycles. The van der Waals surface area contributed by atoms with E-state index in [4.69, 9.17) is 4.74 Å². The molecule has 1 spiro atoms. The van der Waals surface area contributed by atoms with Crippen molar-refractivity contribution < 1.29 is 19.1 Å². The molecule has 27 heavy (non-hydrogen) atoms. The monoisotopic (exact) mass is 371 g/mol. The van der Waals surface area contributed by atoms with Crippen LogP contribution in [0.3, 0.4) is 0 Å². The van der Waals surface area contributed by atoms with Crippen LogP contribution in [0, 0.1) is 25.7 Å². The van der Waals surface area contributed by atoms with Gasteiger partial charge < -0.3 is 10.1 Å². The van der Waals surface area contributed by atoms with Crippen LogP contribution < -0.4 is 10.6 Å². The number of amides is 3. The fraction of sp³-hybridized carbons (Fsp3) is 0.550. The van der Waals surface area contributed by atoms with Gasteiger partial charge in [-0.3, -0.25) is 24.6 Å². The van der Waals surface area contributed by atoms with Gasteiger partial charge >= 0.3 is 0 Å². The summed E-state index contributed by atoms with van der Waals surface area (Å²) in [6.07, 6.45) is 0.587. The first kappa shape index (κ1) is 18.1. The summed E-state index contributed by atoms with van der Waals surface area (Å²) in [5.41, 5.74) is 2.34. The Kier molecular flexibility index (Phi) is 4.12. The Labute approximate surface area is 158 Å². The average Bonchev–Trinajstić information content (AvgIpc) is 3.16. The molecule has 7 heteroatoms. The van der Waals surface area contributed by atoms with Crippen LogP contribution in [0.4, 0.5) is 5.69 Å². The molecular weight excluding hydrogens is 346 g/mol. The summed E-state index contributed by atoms with van der Waals surface area (Å²) < 4.78 is 5.04. The van der Waals surface area contributed by atoms with Gasteiger partial charge in [0, 0.05) is 37.6 Å². The minimum absolute atomic E-state index is 0.191. The number of aryl methyl sites for hydroxylation is 2. The summed E-state index contributed by atoms with van der Waals surface area (Å²) in [7, 11) is 1.59. The van der Waals surface area contributed by atoms with Gasteiger partial charge in [-0.1, -0.05) is 17.7 Å². The minimum Gasteiger partial charge on any atom is -0.385 e. The molecule has 0 bridgehead atoms. The van der Waals surface area contributed by atoms with Gasteiger partial charge in [0.25, 0.3) is 0 Å². The molecular formula is C20H25N3O4. The highest BCUT2D eigenvalue weighted by atomic mass is 16.5. The lowest BCUT2D eigenvalue weighted by Crippen LogP contribution is -2.53. The highest BCUT2D eigenvalue weighted by Crippen LogP contribution is 2.53. The van der Waals surface area contributed by atoms with Gasteiger partial charge in [-0.05, 0) is 32.8 Å². The summed E-state index contributed by atoms with van der Waals surface area (Å²) in [6, 6.07) is 3.69. The average molecular weight is 371 g/mol. The second-order valence-electron chi connectivity index (χ2n) is 7.88. The van der Waals surface area contributed by atoms with Crippen molar-refractivity contribution in [2.24, 2.45) is 11.8 Å². The molecule has 144 valence electrons. The highest BCUT2D eigenvalue weighted by Gasteiger charge is 2.69. The number of likely N-dealkylation sites (tertiary alicyclic amines) is 1. The van der Waals surface area contributed by atoms with Crippen molar-refractivity contribution in [2.45, 2.75) is 38.8 Å². The number of methoxy groups -OCH3 is 1. The van der Waals surface area contributed by atoms with Gasteiger partial charge in [0.1, 0.15) is 5.54 Å². The highest BCUT2D eigenvalue weighted by molar-refractivity contribution is 6.15. The van der Waals surface area contributed by atoms with Crippen LogP contribution in [0.5, 0.6) is 0 Å². The predicted molar refractivity (Wildman–Crippen MR) is 99.0 cm³/mol. The number of carbonyl (C=O) groups excluding carboxylic acids is 3. The number of imide groups is 1. The molecule has 2 saturated heterocycles. The largest absolute Gasteiger partial charge is 0.385 e. The molecule has 0 radical (unpaired) electrons. The first-order chi connectivity index (χ1) is 12.8. The van der Waals surface area contributed by atoms with Gasteiger partial charge in [-0.15, -0.1) is 0 Å². The van der Waals surface area contributed by atoms with Gasteiger partial charge in [-0.25, -0.2) is 0 Å². The number of benzene rings is 1. The van der Waals surface area contributed by atoms with E-state index in [1.165, 1.54) is 4.90 Å². The molecule has 1 aromatic rings. The third-order valence-electron chi connectivity index (χ3n) is 6.13. The lowest BCUT2D eigenvalue weighted by atomic mass is 9.76. The number of carbonyl (C=O) groups is 3. The molecule has 4 atom stereocenters. The molecule has 4 unspecified atom stereocenters. The summed E-state index contributed by atoms with van der Waals surface area (Å²) in [6.45, 7) is 6.60. The number of fused-ring (bicyclic) bond motifs is 4. The van der Waals surface area contributed by atoms with E-state index >= 15 is 0 Å². The van der Waals surface area contributed by atoms with Crippen molar-refractivity contribution in [1.29, 1.82) is 0 Å². The van der Waals surface area contributed by atoms with Crippen LogP contribution in [-0.4, -0.2) is 48.9 Å². The number of rotatable bonds is 4. The second-order valence-corrected chi connectivity index (χ2v) is 7.88. The van der Waals surface area contributed by atoms with Crippen molar-refractivity contribution in [3.63, 3.8) is 0 Å². The summed E-state index contributed by atoms with van der Waals surface area (Å²) in [5, 5.41) is 6.29. The van der Waals surface area contributed by atoms with Crippen LogP contribution >= 0.6 is 0 Å². The van der Waals surface area contributed by atoms with Crippen LogP contribution in [0.15, 0.2) is 12.1 Å². The molecule has 3 amide bonds. The maximum atomic E-state index is 13.3. The quantitative estimate of drug-likeness (QED) is 0.611. The lowest BCUT2D eigenvalue weighted by molar-refractivity contribution is -0.143. The topological polar surface area (TPSA) is 87.7 Å². The maximum absolute atomic E-state index is 13.3. The number of nitrogens with one attached hydrogen (secondary N) is 2. The molecule has 3 heterocycles. The van der Waals surface area contributed by atoms with Crippen molar-refractivity contribution >= 4 is 23.4 Å². The van der Waals surface area contributed by atoms with E-state index in [-0.39, 0.29) is 23.8 Å². The van der Waals surface area contributed by atoms with Gasteiger partial charge in [0.05, 0.1) is 11.8 Å². The molecule has 1 aromatic carbocycles. The summed E-state index contributed by atoms with van der Waals surface area (Å²) in [5.74, 6) is -1.95. The van der Waals surface area contributed by atoms with E-state index in [9.17, 15) is 14.4 Å².